The van der Waals surface area contributed by atoms with Gasteiger partial charge in [0.25, 0.3) is 0 Å². The van der Waals surface area contributed by atoms with Crippen molar-refractivity contribution in [3.63, 3.8) is 0 Å². The molecule has 1 aliphatic heterocycles. The normalized spacial score (nSPS) is 14.1. The molecule has 28 heavy (non-hydrogen) atoms. The van der Waals surface area contributed by atoms with Crippen molar-refractivity contribution in [3.05, 3.63) is 74.6 Å². The number of rotatable bonds is 6. The maximum absolute atomic E-state index is 12.2. The van der Waals surface area contributed by atoms with E-state index in [1.165, 1.54) is 5.56 Å². The molecule has 0 unspecified atom stereocenters. The Morgan fingerprint density at radius 1 is 1.14 bits per heavy atom. The highest BCUT2D eigenvalue weighted by Gasteiger charge is 2.25. The van der Waals surface area contributed by atoms with Crippen LogP contribution in [0.1, 0.15) is 36.5 Å². The molecular weight excluding hydrogens is 374 g/mol. The smallest absolute Gasteiger partial charge is 0.336 e. The highest BCUT2D eigenvalue weighted by atomic mass is 35.5. The van der Waals surface area contributed by atoms with Crippen molar-refractivity contribution >= 4 is 22.6 Å². The summed E-state index contributed by atoms with van der Waals surface area (Å²) in [5, 5.41) is 1.50. The first-order chi connectivity index (χ1) is 13.7. The summed E-state index contributed by atoms with van der Waals surface area (Å²) in [6, 6.07) is 13.9. The van der Waals surface area contributed by atoms with Gasteiger partial charge >= 0.3 is 5.63 Å². The third kappa shape index (κ3) is 3.94. The summed E-state index contributed by atoms with van der Waals surface area (Å²) in [6.07, 6.45) is 3.86. The van der Waals surface area contributed by atoms with E-state index in [-0.39, 0.29) is 5.63 Å². The molecule has 4 rings (SSSR count). The summed E-state index contributed by atoms with van der Waals surface area (Å²) in [6.45, 7) is 4.13. The summed E-state index contributed by atoms with van der Waals surface area (Å²) in [4.78, 5) is 14.4. The minimum absolute atomic E-state index is 0.315. The zero-order valence-electron chi connectivity index (χ0n) is 16.0. The van der Waals surface area contributed by atoms with Crippen LogP contribution in [0.15, 0.2) is 51.7 Å². The average molecular weight is 398 g/mol. The van der Waals surface area contributed by atoms with Crippen molar-refractivity contribution in [1.29, 1.82) is 0 Å². The Morgan fingerprint density at radius 3 is 2.75 bits per heavy atom. The predicted octanol–water partition coefficient (Wildman–Crippen LogP) is 5.18. The summed E-state index contributed by atoms with van der Waals surface area (Å²) >= 11 is 6.52. The van der Waals surface area contributed by atoms with E-state index in [4.69, 9.17) is 20.8 Å². The second kappa shape index (κ2) is 8.38. The van der Waals surface area contributed by atoms with E-state index < -0.39 is 0 Å². The van der Waals surface area contributed by atoms with Crippen LogP contribution in [0.4, 0.5) is 0 Å². The van der Waals surface area contributed by atoms with Crippen LogP contribution >= 0.6 is 11.6 Å². The molecule has 0 radical (unpaired) electrons. The van der Waals surface area contributed by atoms with Crippen LogP contribution in [-0.2, 0) is 19.4 Å². The van der Waals surface area contributed by atoms with E-state index >= 15 is 0 Å². The summed E-state index contributed by atoms with van der Waals surface area (Å²) < 4.78 is 11.6. The lowest BCUT2D eigenvalue weighted by Gasteiger charge is -2.30. The van der Waals surface area contributed by atoms with Crippen molar-refractivity contribution < 1.29 is 9.15 Å². The molecule has 1 aromatic heterocycles. The summed E-state index contributed by atoms with van der Waals surface area (Å²) in [5.41, 5.74) is 3.46. The molecule has 0 saturated heterocycles. The van der Waals surface area contributed by atoms with Crippen molar-refractivity contribution in [1.82, 2.24) is 4.90 Å². The molecule has 2 heterocycles. The Labute approximate surface area is 169 Å². The Hall–Kier alpha value is -2.30. The number of ether oxygens (including phenoxy) is 1. The van der Waals surface area contributed by atoms with Crippen LogP contribution in [0.5, 0.6) is 5.75 Å². The minimum Gasteiger partial charge on any atom is -0.476 e. The third-order valence-electron chi connectivity index (χ3n) is 5.25. The summed E-state index contributed by atoms with van der Waals surface area (Å²) in [7, 11) is 0. The van der Waals surface area contributed by atoms with Gasteiger partial charge in [-0.1, -0.05) is 55.3 Å². The second-order valence-electron chi connectivity index (χ2n) is 7.30. The van der Waals surface area contributed by atoms with E-state index in [9.17, 15) is 4.79 Å². The van der Waals surface area contributed by atoms with Crippen LogP contribution in [0.3, 0.4) is 0 Å². The Balaban J connectivity index is 1.66. The lowest BCUT2D eigenvalue weighted by molar-refractivity contribution is 0.0969. The standard InChI is InChI=1S/C23H24ClNO3/c1-2-3-9-17-12-21(26)28-22-18(17)13-20(24)23-19(22)14-25(15-27-23)11-10-16-7-5-4-6-8-16/h4-8,12-13H,2-3,9-11,14-15H2,1H3. The number of aryl methyl sites for hydroxylation is 1. The second-order valence-corrected chi connectivity index (χ2v) is 7.71. The molecular formula is C23H24ClNO3. The van der Waals surface area contributed by atoms with Crippen molar-refractivity contribution in [2.24, 2.45) is 0 Å². The fraction of sp³-hybridized carbons (Fsp3) is 0.348. The predicted molar refractivity (Wildman–Crippen MR) is 112 cm³/mol. The van der Waals surface area contributed by atoms with Gasteiger partial charge < -0.3 is 9.15 Å². The van der Waals surface area contributed by atoms with Crippen molar-refractivity contribution in [2.75, 3.05) is 13.3 Å². The van der Waals surface area contributed by atoms with Gasteiger partial charge in [0.05, 0.1) is 10.6 Å². The molecule has 2 aromatic carbocycles. The average Bonchev–Trinajstić information content (AvgIpc) is 2.72. The van der Waals surface area contributed by atoms with E-state index in [1.807, 2.05) is 12.1 Å². The molecule has 4 nitrogen and oxygen atoms in total. The van der Waals surface area contributed by atoms with Crippen LogP contribution in [-0.4, -0.2) is 18.2 Å². The van der Waals surface area contributed by atoms with Gasteiger partial charge in [0.2, 0.25) is 0 Å². The highest BCUT2D eigenvalue weighted by Crippen LogP contribution is 2.39. The molecule has 146 valence electrons. The molecule has 0 spiro atoms. The van der Waals surface area contributed by atoms with Gasteiger partial charge in [-0.05, 0) is 36.5 Å². The molecule has 0 aliphatic carbocycles. The fourth-order valence-electron chi connectivity index (χ4n) is 3.75. The molecule has 0 saturated carbocycles. The zero-order chi connectivity index (χ0) is 19.5. The van der Waals surface area contributed by atoms with Crippen LogP contribution in [0.2, 0.25) is 5.02 Å². The largest absolute Gasteiger partial charge is 0.476 e. The van der Waals surface area contributed by atoms with Gasteiger partial charge in [-0.25, -0.2) is 4.79 Å². The molecule has 0 amide bonds. The minimum atomic E-state index is -0.315. The van der Waals surface area contributed by atoms with Crippen LogP contribution in [0.25, 0.3) is 11.0 Å². The number of nitrogens with zero attached hydrogens (tertiary/aromatic N) is 1. The molecule has 0 bridgehead atoms. The quantitative estimate of drug-likeness (QED) is 0.537. The molecule has 5 heteroatoms. The molecule has 1 aliphatic rings. The van der Waals surface area contributed by atoms with Gasteiger partial charge in [-0.3, -0.25) is 4.90 Å². The first kappa shape index (κ1) is 19.0. The number of fused-ring (bicyclic) bond motifs is 3. The molecule has 0 atom stereocenters. The first-order valence-corrected chi connectivity index (χ1v) is 10.2. The van der Waals surface area contributed by atoms with Gasteiger partial charge in [0.15, 0.2) is 0 Å². The number of hydrogen-bond acceptors (Lipinski definition) is 4. The number of hydrogen-bond donors (Lipinski definition) is 0. The van der Waals surface area contributed by atoms with E-state index in [0.717, 1.165) is 48.7 Å². The lowest BCUT2D eigenvalue weighted by atomic mass is 10.0. The molecule has 0 fully saturated rings. The van der Waals surface area contributed by atoms with Crippen molar-refractivity contribution in [3.8, 4) is 5.75 Å². The Morgan fingerprint density at radius 2 is 1.96 bits per heavy atom. The Kier molecular flexibility index (Phi) is 5.69. The first-order valence-electron chi connectivity index (χ1n) is 9.83. The maximum Gasteiger partial charge on any atom is 0.336 e. The van der Waals surface area contributed by atoms with Gasteiger partial charge in [-0.15, -0.1) is 0 Å². The molecule has 0 N–H and O–H groups in total. The monoisotopic (exact) mass is 397 g/mol. The zero-order valence-corrected chi connectivity index (χ0v) is 16.8. The summed E-state index contributed by atoms with van der Waals surface area (Å²) in [5.74, 6) is 0.640. The van der Waals surface area contributed by atoms with Gasteiger partial charge in [0, 0.05) is 24.5 Å². The number of benzene rings is 2. The number of halogens is 1. The van der Waals surface area contributed by atoms with Crippen molar-refractivity contribution in [2.45, 2.75) is 39.2 Å². The van der Waals surface area contributed by atoms with E-state index in [0.29, 0.717) is 29.6 Å². The van der Waals surface area contributed by atoms with E-state index in [2.05, 4.69) is 36.1 Å². The highest BCUT2D eigenvalue weighted by molar-refractivity contribution is 6.33. The maximum atomic E-state index is 12.2. The lowest BCUT2D eigenvalue weighted by Crippen LogP contribution is -2.34. The molecule has 3 aromatic rings. The van der Waals surface area contributed by atoms with Crippen LogP contribution < -0.4 is 10.4 Å². The SMILES string of the molecule is CCCCc1cc(=O)oc2c3c(c(Cl)cc12)OCN(CCc1ccccc1)C3. The topological polar surface area (TPSA) is 42.7 Å². The number of unbranched alkanes of at least 4 members (excludes halogenated alkanes) is 1. The van der Waals surface area contributed by atoms with Crippen LogP contribution in [0, 0.1) is 0 Å². The Bertz CT molecular complexity index is 1030. The van der Waals surface area contributed by atoms with Gasteiger partial charge in [-0.2, -0.15) is 0 Å². The van der Waals surface area contributed by atoms with Gasteiger partial charge in [0.1, 0.15) is 18.1 Å². The fourth-order valence-corrected chi connectivity index (χ4v) is 4.02. The van der Waals surface area contributed by atoms with E-state index in [1.54, 1.807) is 6.07 Å². The third-order valence-corrected chi connectivity index (χ3v) is 5.53.